The van der Waals surface area contributed by atoms with Crippen molar-refractivity contribution in [3.05, 3.63) is 12.2 Å². The van der Waals surface area contributed by atoms with Gasteiger partial charge in [-0.15, -0.1) is 0 Å². The average molecular weight is 474 g/mol. The maximum atomic E-state index is 13.5. The van der Waals surface area contributed by atoms with Gasteiger partial charge in [-0.1, -0.05) is 6.58 Å². The lowest BCUT2D eigenvalue weighted by Gasteiger charge is -2.30. The Bertz CT molecular complexity index is 623. The first kappa shape index (κ1) is 28.3. The van der Waals surface area contributed by atoms with Gasteiger partial charge in [-0.3, -0.25) is 0 Å². The van der Waals surface area contributed by atoms with E-state index in [1.165, 1.54) is 0 Å². The van der Waals surface area contributed by atoms with Crippen molar-refractivity contribution in [3.63, 3.8) is 0 Å². The van der Waals surface area contributed by atoms with Crippen molar-refractivity contribution in [3.8, 4) is 0 Å². The Balaban J connectivity index is 5.14. The van der Waals surface area contributed by atoms with Crippen LogP contribution in [-0.4, -0.2) is 48.4 Å². The highest BCUT2D eigenvalue weighted by atomic mass is 19.4. The first-order valence-electron chi connectivity index (χ1n) is 7.69. The molecule has 0 radical (unpaired) electrons. The van der Waals surface area contributed by atoms with Gasteiger partial charge in [0.15, 0.2) is 6.61 Å². The Morgan fingerprint density at radius 1 is 0.667 bits per heavy atom. The molecule has 15 heteroatoms. The van der Waals surface area contributed by atoms with Crippen LogP contribution in [0.1, 0.15) is 32.6 Å². The number of alkyl halides is 13. The van der Waals surface area contributed by atoms with Gasteiger partial charge in [0, 0.05) is 5.57 Å². The predicted octanol–water partition coefficient (Wildman–Crippen LogP) is 6.40. The molecular weight excluding hydrogens is 459 g/mol. The zero-order valence-corrected chi connectivity index (χ0v) is 15.0. The fourth-order valence-corrected chi connectivity index (χ4v) is 2.09. The topological polar surface area (TPSA) is 26.3 Å². The molecule has 0 aromatic rings. The largest absolute Gasteiger partial charge is 0.456 e. The number of rotatable bonds is 11. The molecule has 0 heterocycles. The van der Waals surface area contributed by atoms with Crippen molar-refractivity contribution in [2.75, 3.05) is 6.61 Å². The highest BCUT2D eigenvalue weighted by molar-refractivity contribution is 5.86. The molecule has 178 valence electrons. The second kappa shape index (κ2) is 8.81. The van der Waals surface area contributed by atoms with Gasteiger partial charge >= 0.3 is 18.1 Å². The molecule has 2 nitrogen and oxygen atoms in total. The third kappa shape index (κ3) is 9.87. The monoisotopic (exact) mass is 474 g/mol. The van der Waals surface area contributed by atoms with Gasteiger partial charge < -0.3 is 4.74 Å². The molecule has 0 amide bonds. The molecule has 0 atom stereocenters. The molecule has 0 aliphatic carbocycles. The first-order chi connectivity index (χ1) is 12.9. The van der Waals surface area contributed by atoms with Crippen LogP contribution in [0, 0.1) is 0 Å². The second-order valence-electron chi connectivity index (χ2n) is 6.69. The summed E-state index contributed by atoms with van der Waals surface area (Å²) < 4.78 is 172. The molecule has 0 saturated heterocycles. The van der Waals surface area contributed by atoms with Gasteiger partial charge in [0.05, 0.1) is 25.7 Å². The number of carbonyl (C=O) groups excluding carboxylic acids is 1. The van der Waals surface area contributed by atoms with Crippen LogP contribution >= 0.6 is 0 Å². The third-order valence-electron chi connectivity index (χ3n) is 3.21. The SMILES string of the molecule is C=C(C)C(=O)OCC(F)(F)CC(F)(F)CC(F)(F)CC(F)(F)CC(F)(F)C(F)(F)F. The zero-order chi connectivity index (χ0) is 24.4. The quantitative estimate of drug-likeness (QED) is 0.197. The van der Waals surface area contributed by atoms with Crippen molar-refractivity contribution < 1.29 is 66.6 Å². The summed E-state index contributed by atoms with van der Waals surface area (Å²) in [6.07, 6.45) is -18.8. The normalized spacial score (nSPS) is 14.6. The minimum atomic E-state index is -6.51. The summed E-state index contributed by atoms with van der Waals surface area (Å²) in [5, 5.41) is 0. The van der Waals surface area contributed by atoms with Crippen LogP contribution in [0.3, 0.4) is 0 Å². The van der Waals surface area contributed by atoms with E-state index in [0.29, 0.717) is 0 Å². The van der Waals surface area contributed by atoms with Crippen LogP contribution in [0.25, 0.3) is 0 Å². The summed E-state index contributed by atoms with van der Waals surface area (Å²) in [6.45, 7) is 2.01. The van der Waals surface area contributed by atoms with E-state index < -0.39 is 79.6 Å². The minimum Gasteiger partial charge on any atom is -0.456 e. The van der Waals surface area contributed by atoms with E-state index >= 15 is 0 Å². The van der Waals surface area contributed by atoms with Gasteiger partial charge in [-0.25, -0.2) is 39.9 Å². The Labute approximate surface area is 161 Å². The molecule has 0 spiro atoms. The molecule has 0 saturated carbocycles. The van der Waals surface area contributed by atoms with Crippen LogP contribution in [0.4, 0.5) is 57.1 Å². The number of halogens is 13. The average Bonchev–Trinajstić information content (AvgIpc) is 2.37. The molecule has 0 aliphatic heterocycles. The Morgan fingerprint density at radius 3 is 1.33 bits per heavy atom. The van der Waals surface area contributed by atoms with Crippen LogP contribution in [0.2, 0.25) is 0 Å². The Kier molecular flexibility index (Phi) is 8.31. The van der Waals surface area contributed by atoms with E-state index in [0.717, 1.165) is 6.92 Å². The molecule has 0 aliphatic rings. The van der Waals surface area contributed by atoms with E-state index in [1.54, 1.807) is 0 Å². The lowest BCUT2D eigenvalue weighted by atomic mass is 9.96. The molecule has 0 rings (SSSR count). The summed E-state index contributed by atoms with van der Waals surface area (Å²) in [4.78, 5) is 10.9. The maximum Gasteiger partial charge on any atom is 0.453 e. The highest BCUT2D eigenvalue weighted by Crippen LogP contribution is 2.48. The summed E-state index contributed by atoms with van der Waals surface area (Å²) in [7, 11) is 0. The van der Waals surface area contributed by atoms with Crippen molar-refractivity contribution in [1.82, 2.24) is 0 Å². The minimum absolute atomic E-state index is 0.401. The molecular formula is C15H15F13O2. The summed E-state index contributed by atoms with van der Waals surface area (Å²) in [5.74, 6) is -28.0. The van der Waals surface area contributed by atoms with Gasteiger partial charge in [0.1, 0.15) is 0 Å². The predicted molar refractivity (Wildman–Crippen MR) is 75.0 cm³/mol. The van der Waals surface area contributed by atoms with E-state index in [4.69, 9.17) is 0 Å². The Hall–Kier alpha value is -1.70. The number of hydrogen-bond acceptors (Lipinski definition) is 2. The van der Waals surface area contributed by atoms with Crippen molar-refractivity contribution in [1.29, 1.82) is 0 Å². The fourth-order valence-electron chi connectivity index (χ4n) is 2.09. The molecule has 0 bridgehead atoms. The molecule has 0 N–H and O–H groups in total. The van der Waals surface area contributed by atoms with E-state index in [-0.39, 0.29) is 0 Å². The van der Waals surface area contributed by atoms with Crippen molar-refractivity contribution in [2.45, 2.75) is 68.4 Å². The molecule has 0 aromatic carbocycles. The van der Waals surface area contributed by atoms with E-state index in [1.807, 2.05) is 0 Å². The van der Waals surface area contributed by atoms with Crippen LogP contribution in [0.15, 0.2) is 12.2 Å². The summed E-state index contributed by atoms with van der Waals surface area (Å²) in [6, 6.07) is 0. The summed E-state index contributed by atoms with van der Waals surface area (Å²) in [5.41, 5.74) is -0.401. The van der Waals surface area contributed by atoms with Crippen LogP contribution < -0.4 is 0 Å². The third-order valence-corrected chi connectivity index (χ3v) is 3.21. The molecule has 0 unspecified atom stereocenters. The number of ether oxygens (including phenoxy) is 1. The lowest BCUT2D eigenvalue weighted by Crippen LogP contribution is -2.45. The molecule has 0 aromatic heterocycles. The zero-order valence-electron chi connectivity index (χ0n) is 15.0. The first-order valence-corrected chi connectivity index (χ1v) is 7.69. The standard InChI is InChI=1S/C15H15F13O2/c1-8(2)9(29)30-7-13(22,23)5-11(18,19)3-10(16,17)4-12(20,21)6-14(24,25)15(26,27)28/h1,3-7H2,2H3. The Morgan fingerprint density at radius 2 is 1.00 bits per heavy atom. The number of hydrogen-bond donors (Lipinski definition) is 0. The van der Waals surface area contributed by atoms with Gasteiger partial charge in [-0.05, 0) is 6.92 Å². The summed E-state index contributed by atoms with van der Waals surface area (Å²) >= 11 is 0. The lowest BCUT2D eigenvalue weighted by molar-refractivity contribution is -0.304. The van der Waals surface area contributed by atoms with Gasteiger partial charge in [-0.2, -0.15) is 22.0 Å². The van der Waals surface area contributed by atoms with Crippen molar-refractivity contribution in [2.24, 2.45) is 0 Å². The molecule has 30 heavy (non-hydrogen) atoms. The number of esters is 1. The smallest absolute Gasteiger partial charge is 0.453 e. The maximum absolute atomic E-state index is 13.5. The number of carbonyl (C=O) groups is 1. The molecule has 0 fully saturated rings. The van der Waals surface area contributed by atoms with Gasteiger partial charge in [0.2, 0.25) is 0 Å². The van der Waals surface area contributed by atoms with Crippen molar-refractivity contribution >= 4 is 5.97 Å². The second-order valence-corrected chi connectivity index (χ2v) is 6.69. The highest BCUT2D eigenvalue weighted by Gasteiger charge is 2.63. The van der Waals surface area contributed by atoms with E-state index in [2.05, 4.69) is 11.3 Å². The van der Waals surface area contributed by atoms with Crippen LogP contribution in [-0.2, 0) is 9.53 Å². The van der Waals surface area contributed by atoms with Crippen LogP contribution in [0.5, 0.6) is 0 Å². The fraction of sp³-hybridized carbons (Fsp3) is 0.800. The van der Waals surface area contributed by atoms with Gasteiger partial charge in [0.25, 0.3) is 23.7 Å². The van der Waals surface area contributed by atoms with E-state index in [9.17, 15) is 61.9 Å².